The Morgan fingerprint density at radius 1 is 1.33 bits per heavy atom. The number of halogens is 2. The van der Waals surface area contributed by atoms with Crippen LogP contribution in [0.4, 0.5) is 16.2 Å². The van der Waals surface area contributed by atoms with Gasteiger partial charge in [-0.15, -0.1) is 0 Å². The second-order valence-corrected chi connectivity index (χ2v) is 3.75. The van der Waals surface area contributed by atoms with E-state index in [-0.39, 0.29) is 22.7 Å². The predicted octanol–water partition coefficient (Wildman–Crippen LogP) is 2.30. The number of nitrogens with zero attached hydrogens (tertiary/aromatic N) is 3. The number of hydrogen-bond donors (Lipinski definition) is 2. The van der Waals surface area contributed by atoms with Gasteiger partial charge in [-0.1, -0.05) is 23.7 Å². The van der Waals surface area contributed by atoms with E-state index in [1.807, 2.05) is 0 Å². The molecule has 18 heavy (non-hydrogen) atoms. The van der Waals surface area contributed by atoms with Gasteiger partial charge in [-0.05, 0) is 17.7 Å². The summed E-state index contributed by atoms with van der Waals surface area (Å²) in [5.74, 6) is 0.0771. The van der Waals surface area contributed by atoms with Crippen molar-refractivity contribution in [2.45, 2.75) is 0 Å². The molecule has 0 saturated carbocycles. The lowest BCUT2D eigenvalue weighted by molar-refractivity contribution is 0.627. The Kier molecular flexibility index (Phi) is 3.69. The lowest BCUT2D eigenvalue weighted by Crippen LogP contribution is -2.00. The van der Waals surface area contributed by atoms with E-state index in [4.69, 9.17) is 17.3 Å². The first kappa shape index (κ1) is 12.3. The van der Waals surface area contributed by atoms with E-state index in [2.05, 4.69) is 20.5 Å². The quantitative estimate of drug-likeness (QED) is 0.507. The van der Waals surface area contributed by atoms with Crippen LogP contribution in [0.3, 0.4) is 0 Å². The maximum absolute atomic E-state index is 12.9. The van der Waals surface area contributed by atoms with Crippen molar-refractivity contribution in [3.05, 3.63) is 46.9 Å². The largest absolute Gasteiger partial charge is 0.383 e. The average Bonchev–Trinajstić information content (AvgIpc) is 2.27. The SMILES string of the molecule is Nc1cc(Cl)nc(N/N=C\c2cccc(F)c2)n1. The summed E-state index contributed by atoms with van der Waals surface area (Å²) in [5, 5.41) is 4.07. The number of benzene rings is 1. The Balaban J connectivity index is 2.07. The van der Waals surface area contributed by atoms with Gasteiger partial charge in [0.15, 0.2) is 0 Å². The highest BCUT2D eigenvalue weighted by Gasteiger charge is 1.98. The molecule has 0 aliphatic carbocycles. The van der Waals surface area contributed by atoms with Gasteiger partial charge in [0.2, 0.25) is 5.95 Å². The molecule has 0 unspecified atom stereocenters. The van der Waals surface area contributed by atoms with Gasteiger partial charge in [-0.25, -0.2) is 9.82 Å². The van der Waals surface area contributed by atoms with Crippen molar-refractivity contribution < 1.29 is 4.39 Å². The Labute approximate surface area is 108 Å². The Morgan fingerprint density at radius 3 is 2.89 bits per heavy atom. The maximum atomic E-state index is 12.9. The molecule has 5 nitrogen and oxygen atoms in total. The fourth-order valence-corrected chi connectivity index (χ4v) is 1.43. The minimum Gasteiger partial charge on any atom is -0.383 e. The number of nitrogens with two attached hydrogens (primary N) is 1. The predicted molar refractivity (Wildman–Crippen MR) is 69.1 cm³/mol. The van der Waals surface area contributed by atoms with Crippen LogP contribution in [0.5, 0.6) is 0 Å². The average molecular weight is 266 g/mol. The number of anilines is 2. The van der Waals surface area contributed by atoms with Crippen LogP contribution in [0.25, 0.3) is 0 Å². The molecular weight excluding hydrogens is 257 g/mol. The van der Waals surface area contributed by atoms with Crippen LogP contribution >= 0.6 is 11.6 Å². The first-order chi connectivity index (χ1) is 8.63. The normalized spacial score (nSPS) is 10.8. The Hall–Kier alpha value is -2.21. The van der Waals surface area contributed by atoms with E-state index in [0.717, 1.165) is 0 Å². The summed E-state index contributed by atoms with van der Waals surface area (Å²) in [6.45, 7) is 0. The second kappa shape index (κ2) is 5.42. The summed E-state index contributed by atoms with van der Waals surface area (Å²) in [6, 6.07) is 7.42. The zero-order valence-electron chi connectivity index (χ0n) is 9.14. The third-order valence-electron chi connectivity index (χ3n) is 1.94. The summed E-state index contributed by atoms with van der Waals surface area (Å²) in [5.41, 5.74) is 8.65. The highest BCUT2D eigenvalue weighted by Crippen LogP contribution is 2.11. The molecule has 2 rings (SSSR count). The van der Waals surface area contributed by atoms with Crippen LogP contribution < -0.4 is 11.2 Å². The van der Waals surface area contributed by atoms with Crippen LogP contribution in [0, 0.1) is 5.82 Å². The van der Waals surface area contributed by atoms with Crippen LogP contribution in [0.1, 0.15) is 5.56 Å². The first-order valence-corrected chi connectivity index (χ1v) is 5.36. The molecule has 0 amide bonds. The van der Waals surface area contributed by atoms with Crippen LogP contribution in [0.15, 0.2) is 35.4 Å². The molecule has 1 heterocycles. The summed E-state index contributed by atoms with van der Waals surface area (Å²) in [4.78, 5) is 7.72. The molecule has 0 atom stereocenters. The van der Waals surface area contributed by atoms with Gasteiger partial charge in [-0.3, -0.25) is 0 Å². The van der Waals surface area contributed by atoms with Crippen molar-refractivity contribution in [2.24, 2.45) is 5.10 Å². The van der Waals surface area contributed by atoms with E-state index in [1.165, 1.54) is 24.4 Å². The number of nitrogen functional groups attached to an aromatic ring is 1. The van der Waals surface area contributed by atoms with E-state index in [9.17, 15) is 4.39 Å². The molecule has 3 N–H and O–H groups in total. The van der Waals surface area contributed by atoms with Gasteiger partial charge in [0.1, 0.15) is 16.8 Å². The van der Waals surface area contributed by atoms with E-state index in [1.54, 1.807) is 12.1 Å². The highest BCUT2D eigenvalue weighted by atomic mass is 35.5. The van der Waals surface area contributed by atoms with Gasteiger partial charge in [0, 0.05) is 6.07 Å². The fraction of sp³-hybridized carbons (Fsp3) is 0. The number of rotatable bonds is 3. The zero-order chi connectivity index (χ0) is 13.0. The molecule has 0 bridgehead atoms. The minimum absolute atomic E-state index is 0.174. The summed E-state index contributed by atoms with van der Waals surface area (Å²) in [7, 11) is 0. The van der Waals surface area contributed by atoms with Gasteiger partial charge >= 0.3 is 0 Å². The van der Waals surface area contributed by atoms with Crippen LogP contribution in [0.2, 0.25) is 5.15 Å². The van der Waals surface area contributed by atoms with E-state index >= 15 is 0 Å². The number of hydrogen-bond acceptors (Lipinski definition) is 5. The third kappa shape index (κ3) is 3.39. The van der Waals surface area contributed by atoms with Crippen molar-refractivity contribution in [3.8, 4) is 0 Å². The van der Waals surface area contributed by atoms with Crippen molar-refractivity contribution in [1.82, 2.24) is 9.97 Å². The minimum atomic E-state index is -0.331. The smallest absolute Gasteiger partial charge is 0.246 e. The van der Waals surface area contributed by atoms with Crippen LogP contribution in [-0.4, -0.2) is 16.2 Å². The Morgan fingerprint density at radius 2 is 2.17 bits per heavy atom. The van der Waals surface area contributed by atoms with Gasteiger partial charge in [0.25, 0.3) is 0 Å². The Bertz CT molecular complexity index is 567. The molecule has 0 spiro atoms. The van der Waals surface area contributed by atoms with Gasteiger partial charge in [0.05, 0.1) is 6.21 Å². The zero-order valence-corrected chi connectivity index (χ0v) is 9.89. The lowest BCUT2D eigenvalue weighted by Gasteiger charge is -2.00. The molecule has 1 aromatic carbocycles. The molecule has 7 heteroatoms. The number of aromatic nitrogens is 2. The monoisotopic (exact) mass is 265 g/mol. The molecule has 1 aromatic heterocycles. The topological polar surface area (TPSA) is 76.2 Å². The fourth-order valence-electron chi connectivity index (χ4n) is 1.24. The summed E-state index contributed by atoms with van der Waals surface area (Å²) < 4.78 is 12.9. The molecule has 0 radical (unpaired) electrons. The molecule has 0 aliphatic rings. The van der Waals surface area contributed by atoms with Crippen molar-refractivity contribution >= 4 is 29.6 Å². The molecule has 0 fully saturated rings. The number of nitrogens with one attached hydrogen (secondary N) is 1. The number of hydrazone groups is 1. The standard InChI is InChI=1S/C11H9ClFN5/c12-9-5-10(14)17-11(16-9)18-15-6-7-2-1-3-8(13)4-7/h1-6H,(H3,14,16,17,18)/b15-6-. The molecule has 0 saturated heterocycles. The lowest BCUT2D eigenvalue weighted by atomic mass is 10.2. The van der Waals surface area contributed by atoms with E-state index < -0.39 is 0 Å². The van der Waals surface area contributed by atoms with Gasteiger partial charge in [-0.2, -0.15) is 15.1 Å². The van der Waals surface area contributed by atoms with E-state index in [0.29, 0.717) is 5.56 Å². The first-order valence-electron chi connectivity index (χ1n) is 4.98. The van der Waals surface area contributed by atoms with Gasteiger partial charge < -0.3 is 5.73 Å². The van der Waals surface area contributed by atoms with Crippen molar-refractivity contribution in [2.75, 3.05) is 11.2 Å². The maximum Gasteiger partial charge on any atom is 0.246 e. The molecule has 0 aliphatic heterocycles. The van der Waals surface area contributed by atoms with Crippen molar-refractivity contribution in [1.29, 1.82) is 0 Å². The molecule has 92 valence electrons. The van der Waals surface area contributed by atoms with Crippen LogP contribution in [-0.2, 0) is 0 Å². The van der Waals surface area contributed by atoms with Crippen molar-refractivity contribution in [3.63, 3.8) is 0 Å². The summed E-state index contributed by atoms with van der Waals surface area (Å²) >= 11 is 5.69. The molecule has 2 aromatic rings. The third-order valence-corrected chi connectivity index (χ3v) is 2.14. The summed E-state index contributed by atoms with van der Waals surface area (Å²) in [6.07, 6.45) is 1.43. The molecular formula is C11H9ClFN5. The second-order valence-electron chi connectivity index (χ2n) is 3.36. The highest BCUT2D eigenvalue weighted by molar-refractivity contribution is 6.29.